The van der Waals surface area contributed by atoms with Crippen molar-refractivity contribution in [1.82, 2.24) is 0 Å². The van der Waals surface area contributed by atoms with Gasteiger partial charge in [0.1, 0.15) is 5.58 Å². The van der Waals surface area contributed by atoms with Crippen LogP contribution in [0, 0.1) is 0 Å². The Hall–Kier alpha value is -2.10. The molecule has 2 rings (SSSR count). The maximum atomic E-state index is 11.5. The van der Waals surface area contributed by atoms with Gasteiger partial charge in [-0.25, -0.2) is 4.79 Å². The van der Waals surface area contributed by atoms with E-state index in [4.69, 9.17) is 4.42 Å². The smallest absolute Gasteiger partial charge is 0.346 e. The first-order valence-electron chi connectivity index (χ1n) is 3.92. The molecule has 14 heavy (non-hydrogen) atoms. The number of benzene rings is 1. The highest BCUT2D eigenvalue weighted by atomic mass is 16.4. The Morgan fingerprint density at radius 2 is 2.00 bits per heavy atom. The van der Waals surface area contributed by atoms with Crippen LogP contribution in [0.2, 0.25) is 0 Å². The molecule has 0 aliphatic carbocycles. The normalized spacial score (nSPS) is 10.3. The van der Waals surface area contributed by atoms with Crippen LogP contribution in [0.25, 0.3) is 11.0 Å². The zero-order valence-electron chi connectivity index (χ0n) is 7.02. The van der Waals surface area contributed by atoms with E-state index >= 15 is 0 Å². The van der Waals surface area contributed by atoms with Crippen molar-refractivity contribution >= 4 is 17.3 Å². The summed E-state index contributed by atoms with van der Waals surface area (Å²) in [7, 11) is 0. The Kier molecular flexibility index (Phi) is 1.81. The molecule has 0 aliphatic heterocycles. The molecule has 0 N–H and O–H groups in total. The van der Waals surface area contributed by atoms with Crippen LogP contribution in [-0.2, 0) is 0 Å². The molecule has 1 aromatic heterocycles. The predicted octanol–water partition coefficient (Wildman–Crippen LogP) is 0.679. The van der Waals surface area contributed by atoms with Crippen molar-refractivity contribution in [1.29, 1.82) is 0 Å². The van der Waals surface area contributed by atoms with Gasteiger partial charge in [-0.1, -0.05) is 23.9 Å². The molecule has 4 heteroatoms. The van der Waals surface area contributed by atoms with Crippen LogP contribution in [0.5, 0.6) is 5.75 Å². The number of hydrogen-bond acceptors (Lipinski definition) is 4. The minimum Gasteiger partial charge on any atom is -0.871 e. The van der Waals surface area contributed by atoms with Gasteiger partial charge in [-0.3, -0.25) is 4.79 Å². The summed E-state index contributed by atoms with van der Waals surface area (Å²) < 4.78 is 4.78. The molecule has 0 spiro atoms. The van der Waals surface area contributed by atoms with Crippen molar-refractivity contribution in [2.75, 3.05) is 0 Å². The summed E-state index contributed by atoms with van der Waals surface area (Å²) in [5.41, 5.74) is -1.14. The van der Waals surface area contributed by atoms with Crippen molar-refractivity contribution in [3.8, 4) is 5.75 Å². The number of rotatable bonds is 1. The zero-order valence-corrected chi connectivity index (χ0v) is 7.02. The van der Waals surface area contributed by atoms with Gasteiger partial charge in [0.15, 0.2) is 6.29 Å². The van der Waals surface area contributed by atoms with E-state index < -0.39 is 16.9 Å². The van der Waals surface area contributed by atoms with E-state index in [9.17, 15) is 14.7 Å². The van der Waals surface area contributed by atoms with Crippen molar-refractivity contribution < 1.29 is 14.3 Å². The molecule has 0 aliphatic rings. The largest absolute Gasteiger partial charge is 0.871 e. The highest BCUT2D eigenvalue weighted by molar-refractivity contribution is 5.91. The lowest BCUT2D eigenvalue weighted by molar-refractivity contribution is -0.266. The van der Waals surface area contributed by atoms with E-state index in [0.717, 1.165) is 0 Å². The average Bonchev–Trinajstić information content (AvgIpc) is 2.18. The van der Waals surface area contributed by atoms with Gasteiger partial charge in [-0.15, -0.1) is 0 Å². The van der Waals surface area contributed by atoms with E-state index in [1.54, 1.807) is 12.1 Å². The lowest BCUT2D eigenvalue weighted by Gasteiger charge is -2.10. The van der Waals surface area contributed by atoms with Gasteiger partial charge in [0.05, 0.1) is 5.56 Å². The molecule has 70 valence electrons. The Labute approximate surface area is 78.4 Å². The van der Waals surface area contributed by atoms with Gasteiger partial charge in [-0.05, 0) is 6.07 Å². The first kappa shape index (κ1) is 8.50. The highest BCUT2D eigenvalue weighted by Gasteiger charge is 2.05. The summed E-state index contributed by atoms with van der Waals surface area (Å²) in [5.74, 6) is -0.577. The minimum atomic E-state index is -0.885. The Morgan fingerprint density at radius 1 is 1.29 bits per heavy atom. The number of para-hydroxylation sites is 1. The molecular formula is C10H5O4-. The number of hydrogen-bond donors (Lipinski definition) is 0. The monoisotopic (exact) mass is 189 g/mol. The SMILES string of the molecule is O=Cc1c([O-])c2ccccc2oc1=O. The number of aldehydes is 1. The fraction of sp³-hybridized carbons (Fsp3) is 0. The summed E-state index contributed by atoms with van der Waals surface area (Å²) in [6, 6.07) is 6.30. The van der Waals surface area contributed by atoms with E-state index in [1.807, 2.05) is 0 Å². The van der Waals surface area contributed by atoms with Gasteiger partial charge in [-0.2, -0.15) is 0 Å². The van der Waals surface area contributed by atoms with Crippen LogP contribution in [0.3, 0.4) is 0 Å². The van der Waals surface area contributed by atoms with Crippen LogP contribution in [0.4, 0.5) is 0 Å². The topological polar surface area (TPSA) is 70.3 Å². The second kappa shape index (κ2) is 2.99. The molecule has 1 heterocycles. The van der Waals surface area contributed by atoms with Crippen molar-refractivity contribution in [2.45, 2.75) is 0 Å². The van der Waals surface area contributed by atoms with Crippen molar-refractivity contribution in [2.24, 2.45) is 0 Å². The molecule has 0 unspecified atom stereocenters. The standard InChI is InChI=1S/C10H6O4/c11-5-7-9(12)6-3-1-2-4-8(6)14-10(7)13/h1-5,12H/p-1. The molecular weight excluding hydrogens is 184 g/mol. The molecule has 2 aromatic rings. The summed E-state index contributed by atoms with van der Waals surface area (Å²) in [6.45, 7) is 0. The molecule has 4 nitrogen and oxygen atoms in total. The second-order valence-corrected chi connectivity index (χ2v) is 2.75. The second-order valence-electron chi connectivity index (χ2n) is 2.75. The summed E-state index contributed by atoms with van der Waals surface area (Å²) in [5, 5.41) is 11.7. The van der Waals surface area contributed by atoms with Crippen LogP contribution >= 0.6 is 0 Å². The van der Waals surface area contributed by atoms with E-state index in [2.05, 4.69) is 0 Å². The summed E-state index contributed by atoms with van der Waals surface area (Å²) in [6.07, 6.45) is 0.223. The van der Waals surface area contributed by atoms with Crippen LogP contribution in [0.1, 0.15) is 10.4 Å². The van der Waals surface area contributed by atoms with Gasteiger partial charge >= 0.3 is 5.63 Å². The van der Waals surface area contributed by atoms with E-state index in [-0.39, 0.29) is 17.3 Å². The summed E-state index contributed by atoms with van der Waals surface area (Å²) >= 11 is 0. The fourth-order valence-corrected chi connectivity index (χ4v) is 1.24. The van der Waals surface area contributed by atoms with Gasteiger partial charge in [0, 0.05) is 5.39 Å². The third kappa shape index (κ3) is 1.08. The van der Waals surface area contributed by atoms with Crippen LogP contribution in [-0.4, -0.2) is 6.29 Å². The molecule has 0 saturated heterocycles. The molecule has 0 amide bonds. The Bertz CT molecular complexity index is 554. The van der Waals surface area contributed by atoms with Gasteiger partial charge in [0.25, 0.3) is 0 Å². The third-order valence-corrected chi connectivity index (χ3v) is 1.92. The van der Waals surface area contributed by atoms with Crippen LogP contribution in [0.15, 0.2) is 33.5 Å². The first-order valence-corrected chi connectivity index (χ1v) is 3.92. The zero-order chi connectivity index (χ0) is 10.1. The van der Waals surface area contributed by atoms with Crippen LogP contribution < -0.4 is 10.7 Å². The molecule has 1 aromatic carbocycles. The fourth-order valence-electron chi connectivity index (χ4n) is 1.24. The molecule has 0 saturated carbocycles. The summed E-state index contributed by atoms with van der Waals surface area (Å²) in [4.78, 5) is 21.5. The molecule has 0 atom stereocenters. The van der Waals surface area contributed by atoms with Crippen molar-refractivity contribution in [3.05, 3.63) is 40.2 Å². The number of fused-ring (bicyclic) bond motifs is 1. The van der Waals surface area contributed by atoms with Crippen molar-refractivity contribution in [3.63, 3.8) is 0 Å². The lowest BCUT2D eigenvalue weighted by atomic mass is 10.1. The van der Waals surface area contributed by atoms with Gasteiger partial charge < -0.3 is 9.52 Å². The van der Waals surface area contributed by atoms with Gasteiger partial charge in [0.2, 0.25) is 0 Å². The first-order chi connectivity index (χ1) is 6.74. The third-order valence-electron chi connectivity index (χ3n) is 1.92. The Balaban J connectivity index is 3.00. The average molecular weight is 189 g/mol. The molecule has 0 fully saturated rings. The van der Waals surface area contributed by atoms with E-state index in [0.29, 0.717) is 0 Å². The number of carbonyl (C=O) groups excluding carboxylic acids is 1. The highest BCUT2D eigenvalue weighted by Crippen LogP contribution is 2.21. The quantitative estimate of drug-likeness (QED) is 0.488. The molecule has 0 bridgehead atoms. The minimum absolute atomic E-state index is 0.202. The lowest BCUT2D eigenvalue weighted by Crippen LogP contribution is -2.11. The molecule has 0 radical (unpaired) electrons. The van der Waals surface area contributed by atoms with E-state index in [1.165, 1.54) is 12.1 Å². The maximum Gasteiger partial charge on any atom is 0.346 e. The predicted molar refractivity (Wildman–Crippen MR) is 47.3 cm³/mol. The number of carbonyl (C=O) groups is 1. The maximum absolute atomic E-state index is 11.5. The Morgan fingerprint density at radius 3 is 2.71 bits per heavy atom.